The third-order valence-corrected chi connectivity index (χ3v) is 3.55. The largest absolute Gasteiger partial charge is 0.396 e. The van der Waals surface area contributed by atoms with Crippen LogP contribution in [-0.2, 0) is 0 Å². The van der Waals surface area contributed by atoms with E-state index in [9.17, 15) is 5.11 Å². The molecule has 1 atom stereocenters. The number of aliphatic hydroxyl groups excluding tert-OH is 1. The van der Waals surface area contributed by atoms with Gasteiger partial charge in [-0.05, 0) is 37.8 Å². The summed E-state index contributed by atoms with van der Waals surface area (Å²) >= 11 is 0. The molecule has 0 spiro atoms. The molecule has 0 amide bonds. The first-order valence-corrected chi connectivity index (χ1v) is 6.83. The van der Waals surface area contributed by atoms with Crippen LogP contribution in [0.4, 0.5) is 0 Å². The number of aliphatic hydroxyl groups is 1. The number of nitrogens with zero attached hydrogens (tertiary/aromatic N) is 1. The van der Waals surface area contributed by atoms with E-state index in [1.807, 2.05) is 6.07 Å². The molecule has 1 aromatic carbocycles. The number of piperidine rings is 1. The SMILES string of the molecule is C/C(=C\c1ccccc1)CN1CCCC(CO)C1. The lowest BCUT2D eigenvalue weighted by Crippen LogP contribution is -2.37. The molecule has 1 unspecified atom stereocenters. The van der Waals surface area contributed by atoms with Crippen molar-refractivity contribution >= 4 is 6.08 Å². The van der Waals surface area contributed by atoms with Gasteiger partial charge in [-0.25, -0.2) is 0 Å². The van der Waals surface area contributed by atoms with Crippen molar-refractivity contribution in [3.05, 3.63) is 41.5 Å². The summed E-state index contributed by atoms with van der Waals surface area (Å²) in [4.78, 5) is 2.46. The van der Waals surface area contributed by atoms with E-state index >= 15 is 0 Å². The zero-order valence-corrected chi connectivity index (χ0v) is 11.2. The highest BCUT2D eigenvalue weighted by Gasteiger charge is 2.18. The fourth-order valence-corrected chi connectivity index (χ4v) is 2.68. The molecule has 2 nitrogen and oxygen atoms in total. The molecule has 0 saturated carbocycles. The summed E-state index contributed by atoms with van der Waals surface area (Å²) in [5.41, 5.74) is 2.66. The molecule has 1 fully saturated rings. The van der Waals surface area contributed by atoms with Gasteiger partial charge in [0.1, 0.15) is 0 Å². The van der Waals surface area contributed by atoms with E-state index < -0.39 is 0 Å². The summed E-state index contributed by atoms with van der Waals surface area (Å²) in [6, 6.07) is 10.5. The highest BCUT2D eigenvalue weighted by molar-refractivity contribution is 5.52. The Hall–Kier alpha value is -1.12. The average molecular weight is 245 g/mol. The van der Waals surface area contributed by atoms with Gasteiger partial charge < -0.3 is 5.11 Å². The molecule has 1 aliphatic rings. The molecular weight excluding hydrogens is 222 g/mol. The van der Waals surface area contributed by atoms with Gasteiger partial charge >= 0.3 is 0 Å². The van der Waals surface area contributed by atoms with Crippen LogP contribution >= 0.6 is 0 Å². The Labute approximate surface area is 110 Å². The average Bonchev–Trinajstić information content (AvgIpc) is 2.40. The van der Waals surface area contributed by atoms with Crippen LogP contribution < -0.4 is 0 Å². The highest BCUT2D eigenvalue weighted by atomic mass is 16.3. The fourth-order valence-electron chi connectivity index (χ4n) is 2.68. The monoisotopic (exact) mass is 245 g/mol. The van der Waals surface area contributed by atoms with Crippen LogP contribution in [-0.4, -0.2) is 36.2 Å². The van der Waals surface area contributed by atoms with Crippen molar-refractivity contribution in [1.29, 1.82) is 0 Å². The first-order chi connectivity index (χ1) is 8.78. The van der Waals surface area contributed by atoms with Gasteiger partial charge in [-0.1, -0.05) is 42.0 Å². The van der Waals surface area contributed by atoms with Crippen LogP contribution in [0, 0.1) is 5.92 Å². The molecule has 1 N–H and O–H groups in total. The Bertz CT molecular complexity index is 385. The van der Waals surface area contributed by atoms with E-state index in [-0.39, 0.29) is 0 Å². The maximum absolute atomic E-state index is 9.24. The molecule has 1 saturated heterocycles. The Balaban J connectivity index is 1.91. The summed E-state index contributed by atoms with van der Waals surface area (Å²) in [6.07, 6.45) is 4.64. The van der Waals surface area contributed by atoms with Crippen molar-refractivity contribution in [3.8, 4) is 0 Å². The molecule has 1 aromatic rings. The summed E-state index contributed by atoms with van der Waals surface area (Å²) < 4.78 is 0. The third kappa shape index (κ3) is 3.97. The topological polar surface area (TPSA) is 23.5 Å². The molecule has 0 bridgehead atoms. The van der Waals surface area contributed by atoms with Crippen LogP contribution in [0.3, 0.4) is 0 Å². The van der Waals surface area contributed by atoms with Gasteiger partial charge in [-0.3, -0.25) is 4.90 Å². The smallest absolute Gasteiger partial charge is 0.0471 e. The van der Waals surface area contributed by atoms with Crippen molar-refractivity contribution in [2.75, 3.05) is 26.2 Å². The van der Waals surface area contributed by atoms with Gasteiger partial charge in [0.25, 0.3) is 0 Å². The second kappa shape index (κ2) is 6.72. The minimum Gasteiger partial charge on any atom is -0.396 e. The molecule has 1 aliphatic heterocycles. The molecule has 0 aromatic heterocycles. The van der Waals surface area contributed by atoms with E-state index in [4.69, 9.17) is 0 Å². The maximum Gasteiger partial charge on any atom is 0.0471 e. The van der Waals surface area contributed by atoms with Crippen LogP contribution in [0.2, 0.25) is 0 Å². The van der Waals surface area contributed by atoms with E-state index in [1.54, 1.807) is 0 Å². The lowest BCUT2D eigenvalue weighted by Gasteiger charge is -2.31. The van der Waals surface area contributed by atoms with Gasteiger partial charge in [-0.15, -0.1) is 0 Å². The Kier molecular flexibility index (Phi) is 4.97. The number of hydrogen-bond donors (Lipinski definition) is 1. The lowest BCUT2D eigenvalue weighted by atomic mass is 9.98. The van der Waals surface area contributed by atoms with Gasteiger partial charge in [0.15, 0.2) is 0 Å². The zero-order chi connectivity index (χ0) is 12.8. The molecular formula is C16H23NO. The summed E-state index contributed by atoms with van der Waals surface area (Å²) in [7, 11) is 0. The van der Waals surface area contributed by atoms with Gasteiger partial charge in [0.05, 0.1) is 0 Å². The van der Waals surface area contributed by atoms with Crippen LogP contribution in [0.1, 0.15) is 25.3 Å². The van der Waals surface area contributed by atoms with E-state index in [0.717, 1.165) is 19.6 Å². The minimum absolute atomic E-state index is 0.331. The zero-order valence-electron chi connectivity index (χ0n) is 11.2. The number of benzene rings is 1. The number of hydrogen-bond acceptors (Lipinski definition) is 2. The normalized spacial score (nSPS) is 22.1. The quantitative estimate of drug-likeness (QED) is 0.881. The fraction of sp³-hybridized carbons (Fsp3) is 0.500. The molecule has 0 aliphatic carbocycles. The molecule has 98 valence electrons. The number of rotatable bonds is 4. The second-order valence-corrected chi connectivity index (χ2v) is 5.33. The Morgan fingerprint density at radius 1 is 1.39 bits per heavy atom. The predicted octanol–water partition coefficient (Wildman–Crippen LogP) is 2.79. The third-order valence-electron chi connectivity index (χ3n) is 3.55. The minimum atomic E-state index is 0.331. The van der Waals surface area contributed by atoms with Crippen molar-refractivity contribution in [2.45, 2.75) is 19.8 Å². The van der Waals surface area contributed by atoms with Crippen LogP contribution in [0.5, 0.6) is 0 Å². The molecule has 18 heavy (non-hydrogen) atoms. The lowest BCUT2D eigenvalue weighted by molar-refractivity contribution is 0.127. The first kappa shape index (κ1) is 13.3. The first-order valence-electron chi connectivity index (χ1n) is 6.83. The standard InChI is InChI=1S/C16H23NO/c1-14(10-15-6-3-2-4-7-15)11-17-9-5-8-16(12-17)13-18/h2-4,6-7,10,16,18H,5,8-9,11-13H2,1H3/b14-10+. The van der Waals surface area contributed by atoms with Gasteiger partial charge in [-0.2, -0.15) is 0 Å². The second-order valence-electron chi connectivity index (χ2n) is 5.33. The van der Waals surface area contributed by atoms with E-state index in [1.165, 1.54) is 24.0 Å². The number of likely N-dealkylation sites (tertiary alicyclic amines) is 1. The van der Waals surface area contributed by atoms with Crippen molar-refractivity contribution in [2.24, 2.45) is 5.92 Å². The molecule has 0 radical (unpaired) electrons. The molecule has 2 rings (SSSR count). The van der Waals surface area contributed by atoms with Crippen LogP contribution in [0.15, 0.2) is 35.9 Å². The summed E-state index contributed by atoms with van der Waals surface area (Å²) in [5.74, 6) is 0.475. The van der Waals surface area contributed by atoms with Crippen molar-refractivity contribution < 1.29 is 5.11 Å². The Morgan fingerprint density at radius 2 is 2.17 bits per heavy atom. The van der Waals surface area contributed by atoms with E-state index in [2.05, 4.69) is 42.2 Å². The predicted molar refractivity (Wildman–Crippen MR) is 76.3 cm³/mol. The van der Waals surface area contributed by atoms with Gasteiger partial charge in [0.2, 0.25) is 0 Å². The summed E-state index contributed by atoms with van der Waals surface area (Å²) in [6.45, 7) is 5.74. The molecule has 1 heterocycles. The maximum atomic E-state index is 9.24. The Morgan fingerprint density at radius 3 is 2.89 bits per heavy atom. The van der Waals surface area contributed by atoms with E-state index in [0.29, 0.717) is 12.5 Å². The van der Waals surface area contributed by atoms with Crippen molar-refractivity contribution in [1.82, 2.24) is 4.90 Å². The van der Waals surface area contributed by atoms with Gasteiger partial charge in [0, 0.05) is 19.7 Å². The molecule has 2 heteroatoms. The van der Waals surface area contributed by atoms with Crippen molar-refractivity contribution in [3.63, 3.8) is 0 Å². The summed E-state index contributed by atoms with van der Waals surface area (Å²) in [5, 5.41) is 9.24. The highest BCUT2D eigenvalue weighted by Crippen LogP contribution is 2.17. The van der Waals surface area contributed by atoms with Crippen LogP contribution in [0.25, 0.3) is 6.08 Å².